The van der Waals surface area contributed by atoms with Gasteiger partial charge in [0.1, 0.15) is 11.9 Å². The molecule has 2 heterocycles. The van der Waals surface area contributed by atoms with Crippen LogP contribution >= 0.6 is 0 Å². The molecule has 0 bridgehead atoms. The first-order valence-electron chi connectivity index (χ1n) is 10.8. The van der Waals surface area contributed by atoms with Crippen molar-refractivity contribution >= 4 is 30.2 Å². The second kappa shape index (κ2) is 12.0. The van der Waals surface area contributed by atoms with Crippen LogP contribution in [-0.4, -0.2) is 59.5 Å². The van der Waals surface area contributed by atoms with Gasteiger partial charge in [-0.05, 0) is 30.0 Å². The molecule has 36 heavy (non-hydrogen) atoms. The van der Waals surface area contributed by atoms with E-state index in [2.05, 4.69) is 20.3 Å². The van der Waals surface area contributed by atoms with E-state index in [1.165, 1.54) is 12.1 Å². The third kappa shape index (κ3) is 6.36. The largest absolute Gasteiger partial charge is 0.403 e. The average Bonchev–Trinajstić information content (AvgIpc) is 2.89. The molecule has 0 aliphatic carbocycles. The highest BCUT2D eigenvalue weighted by Crippen LogP contribution is 2.21. The van der Waals surface area contributed by atoms with Crippen LogP contribution in [-0.2, 0) is 0 Å². The Morgan fingerprint density at radius 3 is 2.67 bits per heavy atom. The van der Waals surface area contributed by atoms with Gasteiger partial charge in [-0.25, -0.2) is 23.6 Å². The van der Waals surface area contributed by atoms with Crippen molar-refractivity contribution < 1.29 is 13.6 Å². The smallest absolute Gasteiger partial charge is 0.318 e. The van der Waals surface area contributed by atoms with E-state index < -0.39 is 23.7 Å². The van der Waals surface area contributed by atoms with Crippen molar-refractivity contribution in [2.24, 2.45) is 10.7 Å². The van der Waals surface area contributed by atoms with Gasteiger partial charge in [0, 0.05) is 45.0 Å². The van der Waals surface area contributed by atoms with Gasteiger partial charge >= 0.3 is 6.03 Å². The van der Waals surface area contributed by atoms with Crippen molar-refractivity contribution in [2.45, 2.75) is 12.5 Å². The van der Waals surface area contributed by atoms with E-state index in [9.17, 15) is 13.6 Å². The minimum Gasteiger partial charge on any atom is -0.403 e. The minimum atomic E-state index is -0.767. The Morgan fingerprint density at radius 1 is 1.28 bits per heavy atom. The number of anilines is 1. The van der Waals surface area contributed by atoms with E-state index in [-0.39, 0.29) is 29.3 Å². The summed E-state index contributed by atoms with van der Waals surface area (Å²) >= 11 is 0. The number of rotatable bonds is 7. The molecule has 0 radical (unpaired) electrons. The van der Waals surface area contributed by atoms with E-state index in [0.717, 1.165) is 30.9 Å². The molecule has 2 amide bonds. The highest BCUT2D eigenvalue weighted by atomic mass is 19.1. The van der Waals surface area contributed by atoms with E-state index in [1.54, 1.807) is 15.9 Å². The summed E-state index contributed by atoms with van der Waals surface area (Å²) < 4.78 is 27.9. The molecule has 0 spiro atoms. The van der Waals surface area contributed by atoms with Crippen LogP contribution in [0.4, 0.5) is 25.3 Å². The lowest BCUT2D eigenvalue weighted by Crippen LogP contribution is -2.52. The summed E-state index contributed by atoms with van der Waals surface area (Å²) in [6.45, 7) is 1.29. The predicted molar refractivity (Wildman–Crippen MR) is 128 cm³/mol. The van der Waals surface area contributed by atoms with Crippen LogP contribution in [0, 0.1) is 39.7 Å². The highest BCUT2D eigenvalue weighted by molar-refractivity contribution is 5.85. The molecular formula is C23H22F2N10O. The van der Waals surface area contributed by atoms with Gasteiger partial charge in [0.05, 0.1) is 29.4 Å². The number of halogens is 2. The molecule has 184 valence electrons. The first-order chi connectivity index (χ1) is 17.4. The van der Waals surface area contributed by atoms with E-state index in [1.807, 2.05) is 6.07 Å². The number of carbonyl (C=O) groups excluding carboxylic acids is 1. The number of amides is 2. The number of hydrogen-bond acceptors (Lipinski definition) is 9. The first-order valence-corrected chi connectivity index (χ1v) is 10.8. The number of urea groups is 1. The van der Waals surface area contributed by atoms with Gasteiger partial charge in [0.15, 0.2) is 11.6 Å². The van der Waals surface area contributed by atoms with Crippen LogP contribution in [0.15, 0.2) is 41.2 Å². The monoisotopic (exact) mass is 492 g/mol. The van der Waals surface area contributed by atoms with Gasteiger partial charge in [0.25, 0.3) is 0 Å². The molecule has 1 fully saturated rings. The van der Waals surface area contributed by atoms with Crippen molar-refractivity contribution in [1.82, 2.24) is 20.2 Å². The van der Waals surface area contributed by atoms with Gasteiger partial charge in [-0.3, -0.25) is 0 Å². The van der Waals surface area contributed by atoms with Crippen molar-refractivity contribution in [2.75, 3.05) is 31.1 Å². The molecule has 1 atom stereocenters. The van der Waals surface area contributed by atoms with Crippen molar-refractivity contribution in [3.8, 4) is 12.1 Å². The number of nitrogens with one attached hydrogen (secondary N) is 2. The lowest BCUT2D eigenvalue weighted by atomic mass is 10.0. The summed E-state index contributed by atoms with van der Waals surface area (Å²) in [5, 5.41) is 28.2. The number of hydrogen-bond donors (Lipinski definition) is 3. The molecule has 0 unspecified atom stereocenters. The van der Waals surface area contributed by atoms with Crippen LogP contribution in [0.25, 0.3) is 0 Å². The van der Waals surface area contributed by atoms with Crippen molar-refractivity contribution in [1.29, 1.82) is 15.9 Å². The number of nitriles is 2. The molecule has 1 aromatic heterocycles. The molecule has 0 saturated carbocycles. The molecule has 3 rings (SSSR count). The maximum absolute atomic E-state index is 14.1. The average molecular weight is 492 g/mol. The Hall–Kier alpha value is -4.91. The lowest BCUT2D eigenvalue weighted by Gasteiger charge is -2.35. The zero-order valence-corrected chi connectivity index (χ0v) is 19.0. The van der Waals surface area contributed by atoms with Gasteiger partial charge in [0.2, 0.25) is 5.95 Å². The van der Waals surface area contributed by atoms with Crippen LogP contribution in [0.1, 0.15) is 23.6 Å². The molecule has 11 nitrogen and oxygen atoms in total. The number of aliphatic imine (C=N–C) groups is 1. The molecule has 1 aliphatic heterocycles. The minimum absolute atomic E-state index is 0.0394. The molecule has 1 aliphatic rings. The van der Waals surface area contributed by atoms with Gasteiger partial charge in [-0.1, -0.05) is 0 Å². The second-order valence-electron chi connectivity index (χ2n) is 7.63. The van der Waals surface area contributed by atoms with Crippen molar-refractivity contribution in [3.05, 3.63) is 58.9 Å². The SMILES string of the molecule is N#CC(C=Nc1nc(N2CCN(C(=O)N[C@@H](CC=N)c3cc(F)cc(C#N)c3)CC2)ncc1F)=CN. The summed E-state index contributed by atoms with van der Waals surface area (Å²) in [6.07, 6.45) is 4.34. The number of nitrogens with two attached hydrogens (primary N) is 1. The Balaban J connectivity index is 1.66. The molecule has 1 saturated heterocycles. The van der Waals surface area contributed by atoms with Crippen molar-refractivity contribution in [3.63, 3.8) is 0 Å². The Labute approximate surface area is 205 Å². The standard InChI is InChI=1S/C23H22F2N10O/c24-18-8-15(10-27)7-17(9-18)20(1-2-26)32-23(36)35-5-3-34(4-6-35)22-31-14-19(25)21(33-22)30-13-16(11-28)12-29/h2,7-9,11,13-14,20,26H,1,3-6,28H2,(H,32,36)/t20-/m0/s1. The van der Waals surface area contributed by atoms with Crippen LogP contribution in [0.3, 0.4) is 0 Å². The summed E-state index contributed by atoms with van der Waals surface area (Å²) in [7, 11) is 0. The fourth-order valence-corrected chi connectivity index (χ4v) is 3.46. The van der Waals surface area contributed by atoms with Crippen LogP contribution in [0.2, 0.25) is 0 Å². The number of benzene rings is 1. The fraction of sp³-hybridized carbons (Fsp3) is 0.261. The third-order valence-electron chi connectivity index (χ3n) is 5.30. The highest BCUT2D eigenvalue weighted by Gasteiger charge is 2.25. The normalized spacial score (nSPS) is 14.7. The van der Waals surface area contributed by atoms with Gasteiger partial charge in [-0.2, -0.15) is 15.5 Å². The molecule has 1 aromatic carbocycles. The van der Waals surface area contributed by atoms with E-state index in [4.69, 9.17) is 21.7 Å². The Bertz CT molecular complexity index is 1270. The van der Waals surface area contributed by atoms with Gasteiger partial charge in [-0.15, -0.1) is 0 Å². The summed E-state index contributed by atoms with van der Waals surface area (Å²) in [5.74, 6) is -1.41. The van der Waals surface area contributed by atoms with Crippen LogP contribution < -0.4 is 16.0 Å². The second-order valence-corrected chi connectivity index (χ2v) is 7.63. The van der Waals surface area contributed by atoms with E-state index in [0.29, 0.717) is 31.7 Å². The molecule has 13 heteroatoms. The maximum atomic E-state index is 14.1. The molecule has 4 N–H and O–H groups in total. The molecular weight excluding hydrogens is 470 g/mol. The fourth-order valence-electron chi connectivity index (χ4n) is 3.46. The van der Waals surface area contributed by atoms with Crippen LogP contribution in [0.5, 0.6) is 0 Å². The molecule has 2 aromatic rings. The van der Waals surface area contributed by atoms with Gasteiger partial charge < -0.3 is 26.3 Å². The number of nitrogens with zero attached hydrogens (tertiary/aromatic N) is 7. The number of carbonyl (C=O) groups is 1. The quantitative estimate of drug-likeness (QED) is 0.393. The third-order valence-corrected chi connectivity index (χ3v) is 5.30. The Kier molecular flexibility index (Phi) is 8.56. The lowest BCUT2D eigenvalue weighted by molar-refractivity contribution is 0.190. The number of aromatic nitrogens is 2. The van der Waals surface area contributed by atoms with E-state index >= 15 is 0 Å². The maximum Gasteiger partial charge on any atom is 0.318 e. The first kappa shape index (κ1) is 25.7. The zero-order chi connectivity index (χ0) is 26.1. The summed E-state index contributed by atoms with van der Waals surface area (Å²) in [6, 6.07) is 6.38. The summed E-state index contributed by atoms with van der Waals surface area (Å²) in [4.78, 5) is 28.1. The topological polar surface area (TPSA) is 171 Å². The zero-order valence-electron chi connectivity index (χ0n) is 19.0. The number of allylic oxidation sites excluding steroid dienone is 1. The predicted octanol–water partition coefficient (Wildman–Crippen LogP) is 2.31. The Morgan fingerprint density at radius 2 is 2.03 bits per heavy atom. The number of piperazine rings is 1. The summed E-state index contributed by atoms with van der Waals surface area (Å²) in [5.41, 5.74) is 5.83.